The van der Waals surface area contributed by atoms with Crippen molar-refractivity contribution in [2.45, 2.75) is 84.2 Å². The minimum Gasteiger partial charge on any atom is -0.303 e. The SMILES string of the molecule is CC(C)CC(CC(C)C)(NC1CC1)c1nc2c(s1)CCC2. The molecule has 0 unspecified atom stereocenters. The van der Waals surface area contributed by atoms with E-state index in [0.717, 1.165) is 6.04 Å². The van der Waals surface area contributed by atoms with Crippen molar-refractivity contribution in [1.29, 1.82) is 0 Å². The molecule has 1 fully saturated rings. The van der Waals surface area contributed by atoms with Crippen LogP contribution in [0, 0.1) is 11.8 Å². The molecule has 2 aliphatic rings. The Morgan fingerprint density at radius 3 is 2.33 bits per heavy atom. The molecule has 1 aromatic heterocycles. The zero-order valence-corrected chi connectivity index (χ0v) is 14.9. The number of hydrogen-bond donors (Lipinski definition) is 1. The summed E-state index contributed by atoms with van der Waals surface area (Å²) >= 11 is 2.01. The van der Waals surface area contributed by atoms with Gasteiger partial charge in [0.2, 0.25) is 0 Å². The van der Waals surface area contributed by atoms with Crippen molar-refractivity contribution in [1.82, 2.24) is 10.3 Å². The van der Waals surface area contributed by atoms with E-state index in [1.165, 1.54) is 55.6 Å². The fourth-order valence-corrected chi connectivity index (χ4v) is 5.17. The lowest BCUT2D eigenvalue weighted by Gasteiger charge is -2.36. The van der Waals surface area contributed by atoms with E-state index in [0.29, 0.717) is 11.8 Å². The molecule has 21 heavy (non-hydrogen) atoms. The Kier molecular flexibility index (Phi) is 4.42. The van der Waals surface area contributed by atoms with Crippen LogP contribution in [0.2, 0.25) is 0 Å². The summed E-state index contributed by atoms with van der Waals surface area (Å²) in [6.45, 7) is 9.41. The van der Waals surface area contributed by atoms with Crippen LogP contribution in [0.4, 0.5) is 0 Å². The molecule has 3 heteroatoms. The molecule has 0 amide bonds. The molecule has 2 aliphatic carbocycles. The quantitative estimate of drug-likeness (QED) is 0.791. The van der Waals surface area contributed by atoms with Gasteiger partial charge in [0.1, 0.15) is 5.01 Å². The summed E-state index contributed by atoms with van der Waals surface area (Å²) < 4.78 is 0. The Morgan fingerprint density at radius 1 is 1.14 bits per heavy atom. The standard InChI is InChI=1S/C18H30N2S/c1-12(2)10-18(11-13(3)4,20-14-8-9-14)17-19-15-6-5-7-16(15)21-17/h12-14,20H,5-11H2,1-4H3. The number of hydrogen-bond acceptors (Lipinski definition) is 3. The molecule has 1 N–H and O–H groups in total. The van der Waals surface area contributed by atoms with E-state index in [-0.39, 0.29) is 5.54 Å². The van der Waals surface area contributed by atoms with Gasteiger partial charge in [0.15, 0.2) is 0 Å². The molecule has 1 saturated carbocycles. The predicted molar refractivity (Wildman–Crippen MR) is 90.9 cm³/mol. The maximum atomic E-state index is 5.11. The Bertz CT molecular complexity index is 446. The number of thiazole rings is 1. The van der Waals surface area contributed by atoms with Crippen LogP contribution in [0.3, 0.4) is 0 Å². The van der Waals surface area contributed by atoms with Crippen LogP contribution in [0.25, 0.3) is 0 Å². The van der Waals surface area contributed by atoms with E-state index < -0.39 is 0 Å². The Balaban J connectivity index is 1.93. The largest absolute Gasteiger partial charge is 0.303 e. The number of nitrogens with zero attached hydrogens (tertiary/aromatic N) is 1. The molecule has 0 bridgehead atoms. The lowest BCUT2D eigenvalue weighted by Crippen LogP contribution is -2.45. The molecule has 1 aromatic rings. The fraction of sp³-hybridized carbons (Fsp3) is 0.833. The van der Waals surface area contributed by atoms with Crippen molar-refractivity contribution in [3.05, 3.63) is 15.6 Å². The molecule has 0 aliphatic heterocycles. The summed E-state index contributed by atoms with van der Waals surface area (Å²) in [5, 5.41) is 5.41. The number of nitrogens with one attached hydrogen (secondary N) is 1. The van der Waals surface area contributed by atoms with Crippen molar-refractivity contribution in [3.8, 4) is 0 Å². The molecule has 0 saturated heterocycles. The third-order valence-electron chi connectivity index (χ3n) is 4.58. The van der Waals surface area contributed by atoms with Gasteiger partial charge >= 0.3 is 0 Å². The van der Waals surface area contributed by atoms with E-state index >= 15 is 0 Å². The Labute approximate surface area is 133 Å². The highest BCUT2D eigenvalue weighted by Gasteiger charge is 2.41. The first kappa shape index (κ1) is 15.5. The molecule has 2 nitrogen and oxygen atoms in total. The number of rotatable bonds is 7. The summed E-state index contributed by atoms with van der Waals surface area (Å²) in [4.78, 5) is 6.68. The van der Waals surface area contributed by atoms with Crippen LogP contribution < -0.4 is 5.32 Å². The molecule has 118 valence electrons. The summed E-state index contributed by atoms with van der Waals surface area (Å²) in [5.41, 5.74) is 1.53. The van der Waals surface area contributed by atoms with Gasteiger partial charge in [0.25, 0.3) is 0 Å². The minimum absolute atomic E-state index is 0.124. The highest BCUT2D eigenvalue weighted by molar-refractivity contribution is 7.12. The lowest BCUT2D eigenvalue weighted by atomic mass is 9.82. The fourth-order valence-electron chi connectivity index (χ4n) is 3.84. The molecule has 0 spiro atoms. The van der Waals surface area contributed by atoms with Crippen molar-refractivity contribution in [3.63, 3.8) is 0 Å². The van der Waals surface area contributed by atoms with Crippen LogP contribution in [-0.4, -0.2) is 11.0 Å². The van der Waals surface area contributed by atoms with Crippen LogP contribution in [-0.2, 0) is 18.4 Å². The normalized spacial score (nSPS) is 18.8. The van der Waals surface area contributed by atoms with E-state index in [2.05, 4.69) is 33.0 Å². The molecule has 0 aromatic carbocycles. The third kappa shape index (κ3) is 3.50. The van der Waals surface area contributed by atoms with Gasteiger partial charge in [-0.25, -0.2) is 4.98 Å². The average molecular weight is 307 g/mol. The van der Waals surface area contributed by atoms with Gasteiger partial charge in [-0.2, -0.15) is 0 Å². The van der Waals surface area contributed by atoms with Crippen LogP contribution in [0.5, 0.6) is 0 Å². The van der Waals surface area contributed by atoms with Crippen molar-refractivity contribution in [2.75, 3.05) is 0 Å². The monoisotopic (exact) mass is 306 g/mol. The lowest BCUT2D eigenvalue weighted by molar-refractivity contribution is 0.220. The van der Waals surface area contributed by atoms with Crippen molar-refractivity contribution in [2.24, 2.45) is 11.8 Å². The first-order valence-corrected chi connectivity index (χ1v) is 9.57. The number of aromatic nitrogens is 1. The summed E-state index contributed by atoms with van der Waals surface area (Å²) in [7, 11) is 0. The molecule has 0 atom stereocenters. The highest BCUT2D eigenvalue weighted by atomic mass is 32.1. The van der Waals surface area contributed by atoms with E-state index in [1.54, 1.807) is 4.88 Å². The number of aryl methyl sites for hydroxylation is 2. The zero-order valence-electron chi connectivity index (χ0n) is 14.0. The van der Waals surface area contributed by atoms with Gasteiger partial charge < -0.3 is 5.32 Å². The molecule has 3 rings (SSSR count). The van der Waals surface area contributed by atoms with Gasteiger partial charge in [-0.15, -0.1) is 11.3 Å². The topological polar surface area (TPSA) is 24.9 Å². The number of fused-ring (bicyclic) bond motifs is 1. The second-order valence-corrected chi connectivity index (χ2v) is 9.02. The van der Waals surface area contributed by atoms with Gasteiger partial charge in [-0.05, 0) is 56.8 Å². The van der Waals surface area contributed by atoms with Gasteiger partial charge in [-0.3, -0.25) is 0 Å². The van der Waals surface area contributed by atoms with E-state index in [1.807, 2.05) is 11.3 Å². The molecule has 0 radical (unpaired) electrons. The summed E-state index contributed by atoms with van der Waals surface area (Å²) in [6, 6.07) is 0.737. The third-order valence-corrected chi connectivity index (χ3v) is 5.94. The predicted octanol–water partition coefficient (Wildman–Crippen LogP) is 4.67. The van der Waals surface area contributed by atoms with Crippen molar-refractivity contribution >= 4 is 11.3 Å². The second-order valence-electron chi connectivity index (χ2n) is 7.94. The van der Waals surface area contributed by atoms with Gasteiger partial charge in [0, 0.05) is 10.9 Å². The van der Waals surface area contributed by atoms with Crippen LogP contribution >= 0.6 is 11.3 Å². The van der Waals surface area contributed by atoms with Crippen molar-refractivity contribution < 1.29 is 0 Å². The molecule has 1 heterocycles. The van der Waals surface area contributed by atoms with Gasteiger partial charge in [-0.1, -0.05) is 27.7 Å². The molecular formula is C18H30N2S. The molecular weight excluding hydrogens is 276 g/mol. The first-order chi connectivity index (χ1) is 9.98. The zero-order chi connectivity index (χ0) is 15.0. The Morgan fingerprint density at radius 2 is 1.81 bits per heavy atom. The van der Waals surface area contributed by atoms with E-state index in [9.17, 15) is 0 Å². The maximum absolute atomic E-state index is 5.11. The van der Waals surface area contributed by atoms with Gasteiger partial charge in [0.05, 0.1) is 11.2 Å². The van der Waals surface area contributed by atoms with Crippen LogP contribution in [0.15, 0.2) is 0 Å². The highest BCUT2D eigenvalue weighted by Crippen LogP contribution is 2.42. The Hall–Kier alpha value is -0.410. The van der Waals surface area contributed by atoms with Crippen LogP contribution in [0.1, 0.15) is 75.4 Å². The van der Waals surface area contributed by atoms with E-state index in [4.69, 9.17) is 4.98 Å². The smallest absolute Gasteiger partial charge is 0.113 e. The second kappa shape index (κ2) is 6.00. The first-order valence-electron chi connectivity index (χ1n) is 8.75. The summed E-state index contributed by atoms with van der Waals surface area (Å²) in [6.07, 6.45) is 8.91. The maximum Gasteiger partial charge on any atom is 0.113 e. The summed E-state index contributed by atoms with van der Waals surface area (Å²) in [5.74, 6) is 1.41. The average Bonchev–Trinajstić information content (AvgIpc) is 2.90. The minimum atomic E-state index is 0.124.